The fourth-order valence-electron chi connectivity index (χ4n) is 1.88. The van der Waals surface area contributed by atoms with Crippen LogP contribution >= 0.6 is 12.4 Å². The maximum Gasteiger partial charge on any atom is 0.237 e. The van der Waals surface area contributed by atoms with Crippen molar-refractivity contribution in [2.24, 2.45) is 11.7 Å². The molecule has 120 valence electrons. The summed E-state index contributed by atoms with van der Waals surface area (Å²) < 4.78 is 15.6. The highest BCUT2D eigenvalue weighted by molar-refractivity contribution is 5.85. The van der Waals surface area contributed by atoms with Crippen molar-refractivity contribution in [1.29, 1.82) is 0 Å². The predicted octanol–water partition coefficient (Wildman–Crippen LogP) is 2.03. The second kappa shape index (κ2) is 7.91. The van der Waals surface area contributed by atoms with Crippen LogP contribution < -0.4 is 11.1 Å². The third-order valence-electron chi connectivity index (χ3n) is 3.28. The van der Waals surface area contributed by atoms with Crippen LogP contribution in [0.4, 0.5) is 4.39 Å². The molecule has 3 N–H and O–H groups in total. The minimum absolute atomic E-state index is 0. The molecule has 0 aliphatic heterocycles. The summed E-state index contributed by atoms with van der Waals surface area (Å²) in [7, 11) is 0. The Morgan fingerprint density at radius 1 is 1.45 bits per heavy atom. The van der Waals surface area contributed by atoms with Crippen LogP contribution in [-0.2, 0) is 11.3 Å². The van der Waals surface area contributed by atoms with Gasteiger partial charge in [0.25, 0.3) is 0 Å². The van der Waals surface area contributed by atoms with E-state index in [0.717, 1.165) is 0 Å². The molecule has 1 atom stereocenters. The molecule has 0 aliphatic rings. The number of rotatable bonds is 5. The zero-order valence-electron chi connectivity index (χ0n) is 12.5. The molecule has 2 aromatic rings. The molecule has 1 heterocycles. The number of nitrogens with two attached hydrogens (primary N) is 1. The zero-order chi connectivity index (χ0) is 15.4. The fourth-order valence-corrected chi connectivity index (χ4v) is 1.88. The summed E-state index contributed by atoms with van der Waals surface area (Å²) >= 11 is 0. The summed E-state index contributed by atoms with van der Waals surface area (Å²) in [5.41, 5.74) is 6.85. The molecule has 0 unspecified atom stereocenters. The lowest BCUT2D eigenvalue weighted by molar-refractivity contribution is -0.123. The van der Waals surface area contributed by atoms with Crippen LogP contribution in [0.1, 0.15) is 19.4 Å². The Bertz CT molecular complexity index is 616. The van der Waals surface area contributed by atoms with Crippen LogP contribution in [0.15, 0.2) is 36.9 Å². The van der Waals surface area contributed by atoms with Gasteiger partial charge in [0.2, 0.25) is 5.91 Å². The lowest BCUT2D eigenvalue weighted by atomic mass is 10.0. The topological polar surface area (TPSA) is 72.9 Å². The normalized spacial score (nSPS) is 11.9. The number of carbonyl (C=O) groups is 1. The first-order valence-electron chi connectivity index (χ1n) is 6.79. The zero-order valence-corrected chi connectivity index (χ0v) is 13.3. The van der Waals surface area contributed by atoms with Crippen molar-refractivity contribution >= 4 is 18.3 Å². The molecule has 22 heavy (non-hydrogen) atoms. The van der Waals surface area contributed by atoms with E-state index in [1.807, 2.05) is 13.8 Å². The number of nitrogens with one attached hydrogen (secondary N) is 1. The van der Waals surface area contributed by atoms with Crippen LogP contribution in [0, 0.1) is 11.7 Å². The Morgan fingerprint density at radius 2 is 2.18 bits per heavy atom. The largest absolute Gasteiger partial charge is 0.351 e. The van der Waals surface area contributed by atoms with Crippen molar-refractivity contribution in [3.8, 4) is 5.69 Å². The Balaban J connectivity index is 0.00000242. The molecule has 0 saturated carbocycles. The molecule has 7 heteroatoms. The first-order valence-corrected chi connectivity index (χ1v) is 6.79. The third-order valence-corrected chi connectivity index (χ3v) is 3.28. The van der Waals surface area contributed by atoms with Gasteiger partial charge < -0.3 is 15.6 Å². The van der Waals surface area contributed by atoms with Gasteiger partial charge in [-0.2, -0.15) is 0 Å². The van der Waals surface area contributed by atoms with Crippen molar-refractivity contribution < 1.29 is 9.18 Å². The Hall–Kier alpha value is -1.92. The van der Waals surface area contributed by atoms with E-state index >= 15 is 0 Å². The Kier molecular flexibility index (Phi) is 6.52. The molecule has 0 radical (unpaired) electrons. The van der Waals surface area contributed by atoms with Crippen LogP contribution in [0.2, 0.25) is 0 Å². The van der Waals surface area contributed by atoms with Gasteiger partial charge >= 0.3 is 0 Å². The highest BCUT2D eigenvalue weighted by atomic mass is 35.5. The van der Waals surface area contributed by atoms with Gasteiger partial charge in [0.1, 0.15) is 5.82 Å². The smallest absolute Gasteiger partial charge is 0.237 e. The van der Waals surface area contributed by atoms with E-state index in [0.29, 0.717) is 11.3 Å². The molecule has 1 aromatic carbocycles. The van der Waals surface area contributed by atoms with E-state index in [4.69, 9.17) is 5.73 Å². The maximum atomic E-state index is 14.0. The predicted molar refractivity (Wildman–Crippen MR) is 85.4 cm³/mol. The number of hydrogen-bond donors (Lipinski definition) is 2. The van der Waals surface area contributed by atoms with Crippen molar-refractivity contribution in [1.82, 2.24) is 14.9 Å². The molecule has 0 fully saturated rings. The number of carbonyl (C=O) groups excluding carboxylic acids is 1. The van der Waals surface area contributed by atoms with Gasteiger partial charge in [-0.15, -0.1) is 12.4 Å². The van der Waals surface area contributed by atoms with Gasteiger partial charge in [-0.25, -0.2) is 9.37 Å². The molecule has 2 rings (SSSR count). The monoisotopic (exact) mass is 326 g/mol. The average molecular weight is 327 g/mol. The second-order valence-corrected chi connectivity index (χ2v) is 5.24. The quantitative estimate of drug-likeness (QED) is 0.883. The summed E-state index contributed by atoms with van der Waals surface area (Å²) in [6, 6.07) is 4.26. The second-order valence-electron chi connectivity index (χ2n) is 5.24. The minimum Gasteiger partial charge on any atom is -0.351 e. The lowest BCUT2D eigenvalue weighted by Crippen LogP contribution is -2.43. The molecule has 1 aromatic heterocycles. The van der Waals surface area contributed by atoms with E-state index in [1.165, 1.54) is 12.4 Å². The number of imidazole rings is 1. The first-order chi connectivity index (χ1) is 9.99. The number of halogens is 2. The number of nitrogens with zero attached hydrogens (tertiary/aromatic N) is 2. The van der Waals surface area contributed by atoms with E-state index in [-0.39, 0.29) is 36.6 Å². The van der Waals surface area contributed by atoms with E-state index in [9.17, 15) is 9.18 Å². The van der Waals surface area contributed by atoms with E-state index in [1.54, 1.807) is 29.1 Å². The first kappa shape index (κ1) is 18.1. The highest BCUT2D eigenvalue weighted by Gasteiger charge is 2.16. The minimum atomic E-state index is -0.555. The van der Waals surface area contributed by atoms with Crippen molar-refractivity contribution in [2.45, 2.75) is 26.4 Å². The summed E-state index contributed by atoms with van der Waals surface area (Å²) in [5, 5.41) is 2.71. The number of amides is 1. The molecule has 1 amide bonds. The average Bonchev–Trinajstić information content (AvgIpc) is 2.97. The molecule has 5 nitrogen and oxygen atoms in total. The summed E-state index contributed by atoms with van der Waals surface area (Å²) in [6.45, 7) is 4.01. The molecule has 0 spiro atoms. The van der Waals surface area contributed by atoms with Crippen LogP contribution in [0.3, 0.4) is 0 Å². The Labute approximate surface area is 135 Å². The van der Waals surface area contributed by atoms with Crippen LogP contribution in [0.25, 0.3) is 5.69 Å². The van der Waals surface area contributed by atoms with Crippen molar-refractivity contribution in [2.75, 3.05) is 0 Å². The molecule has 0 bridgehead atoms. The van der Waals surface area contributed by atoms with Crippen molar-refractivity contribution in [3.05, 3.63) is 48.3 Å². The number of benzene rings is 1. The number of aromatic nitrogens is 2. The van der Waals surface area contributed by atoms with Crippen LogP contribution in [0.5, 0.6) is 0 Å². The van der Waals surface area contributed by atoms with Crippen LogP contribution in [-0.4, -0.2) is 21.5 Å². The standard InChI is InChI=1S/C15H19FN4O.ClH/c1-10(2)14(17)15(21)19-8-11-3-4-13(12(16)7-11)20-6-5-18-9-20;/h3-7,9-10,14H,8,17H2,1-2H3,(H,19,21);1H/t14-;/m0./s1. The molecular formula is C15H20ClFN4O. The molecule has 0 saturated heterocycles. The van der Waals surface area contributed by atoms with Gasteiger partial charge in [-0.1, -0.05) is 19.9 Å². The summed E-state index contributed by atoms with van der Waals surface area (Å²) in [6.07, 6.45) is 4.78. The van der Waals surface area contributed by atoms with Gasteiger partial charge in [-0.3, -0.25) is 4.79 Å². The van der Waals surface area contributed by atoms with E-state index < -0.39 is 6.04 Å². The van der Waals surface area contributed by atoms with Gasteiger partial charge in [0, 0.05) is 18.9 Å². The van der Waals surface area contributed by atoms with Gasteiger partial charge in [-0.05, 0) is 23.6 Å². The maximum absolute atomic E-state index is 14.0. The highest BCUT2D eigenvalue weighted by Crippen LogP contribution is 2.15. The molecule has 0 aliphatic carbocycles. The summed E-state index contributed by atoms with van der Waals surface area (Å²) in [4.78, 5) is 15.6. The molecular weight excluding hydrogens is 307 g/mol. The SMILES string of the molecule is CC(C)[C@H](N)C(=O)NCc1ccc(-n2ccnc2)c(F)c1.Cl. The third kappa shape index (κ3) is 4.29. The van der Waals surface area contributed by atoms with Crippen molar-refractivity contribution in [3.63, 3.8) is 0 Å². The van der Waals surface area contributed by atoms with E-state index in [2.05, 4.69) is 10.3 Å². The Morgan fingerprint density at radius 3 is 2.73 bits per heavy atom. The fraction of sp³-hybridized carbons (Fsp3) is 0.333. The number of hydrogen-bond acceptors (Lipinski definition) is 3. The van der Waals surface area contributed by atoms with Gasteiger partial charge in [0.15, 0.2) is 0 Å². The lowest BCUT2D eigenvalue weighted by Gasteiger charge is -2.15. The van der Waals surface area contributed by atoms with Gasteiger partial charge in [0.05, 0.1) is 18.1 Å². The summed E-state index contributed by atoms with van der Waals surface area (Å²) in [5.74, 6) is -0.539.